The molecule has 0 bridgehead atoms. The maximum atomic E-state index is 13.9. The second kappa shape index (κ2) is 9.30. The Morgan fingerprint density at radius 3 is 2.31 bits per heavy atom. The summed E-state index contributed by atoms with van der Waals surface area (Å²) >= 11 is 0. The Hall–Kier alpha value is -3.87. The molecule has 1 fully saturated rings. The van der Waals surface area contributed by atoms with Crippen LogP contribution in [0.4, 0.5) is 5.69 Å². The number of hydrogen-bond donors (Lipinski definition) is 0. The average molecular weight is 484 g/mol. The summed E-state index contributed by atoms with van der Waals surface area (Å²) in [5, 5.41) is 4.81. The molecule has 1 aliphatic rings. The molecular formula is C29H33N5O2. The number of amides is 1. The van der Waals surface area contributed by atoms with Crippen LogP contribution in [0, 0.1) is 6.92 Å². The summed E-state index contributed by atoms with van der Waals surface area (Å²) < 4.78 is 7.26. The molecule has 1 amide bonds. The normalized spacial score (nSPS) is 14.4. The fourth-order valence-electron chi connectivity index (χ4n) is 4.57. The molecular weight excluding hydrogens is 450 g/mol. The molecule has 0 unspecified atom stereocenters. The summed E-state index contributed by atoms with van der Waals surface area (Å²) in [6.07, 6.45) is 0. The third kappa shape index (κ3) is 4.53. The number of nitrogens with zero attached hydrogens (tertiary/aromatic N) is 5. The van der Waals surface area contributed by atoms with Gasteiger partial charge in [0.15, 0.2) is 5.65 Å². The lowest BCUT2D eigenvalue weighted by molar-refractivity contribution is 0.0737. The zero-order valence-corrected chi connectivity index (χ0v) is 21.7. The van der Waals surface area contributed by atoms with Crippen LogP contribution in [0.2, 0.25) is 0 Å². The SMILES string of the molecule is COc1ccccc1N1CCN(C(=O)c2cc(-c3ccc(C)cc3)nc3cc(C(C)(C)C)nn23)CC1. The molecule has 0 aliphatic carbocycles. The van der Waals surface area contributed by atoms with Gasteiger partial charge in [0.05, 0.1) is 24.2 Å². The quantitative estimate of drug-likeness (QED) is 0.410. The van der Waals surface area contributed by atoms with Crippen LogP contribution in [-0.4, -0.2) is 58.7 Å². The summed E-state index contributed by atoms with van der Waals surface area (Å²) in [5.74, 6) is 0.820. The summed E-state index contributed by atoms with van der Waals surface area (Å²) in [4.78, 5) is 22.9. The van der Waals surface area contributed by atoms with Crippen LogP contribution in [0.1, 0.15) is 42.5 Å². The van der Waals surface area contributed by atoms with Crippen LogP contribution >= 0.6 is 0 Å². The highest BCUT2D eigenvalue weighted by Crippen LogP contribution is 2.29. The Morgan fingerprint density at radius 1 is 0.944 bits per heavy atom. The van der Waals surface area contributed by atoms with Gasteiger partial charge in [0.25, 0.3) is 5.91 Å². The maximum Gasteiger partial charge on any atom is 0.272 e. The van der Waals surface area contributed by atoms with Crippen LogP contribution in [0.25, 0.3) is 16.9 Å². The van der Waals surface area contributed by atoms with Crippen molar-refractivity contribution in [2.24, 2.45) is 0 Å². The van der Waals surface area contributed by atoms with Gasteiger partial charge in [-0.1, -0.05) is 62.7 Å². The number of carbonyl (C=O) groups excluding carboxylic acids is 1. The largest absolute Gasteiger partial charge is 0.495 e. The second-order valence-corrected chi connectivity index (χ2v) is 10.4. The first kappa shape index (κ1) is 23.9. The average Bonchev–Trinajstić information content (AvgIpc) is 3.33. The predicted molar refractivity (Wildman–Crippen MR) is 143 cm³/mol. The van der Waals surface area contributed by atoms with Gasteiger partial charge in [0.1, 0.15) is 11.4 Å². The van der Waals surface area contributed by atoms with E-state index >= 15 is 0 Å². The first-order valence-corrected chi connectivity index (χ1v) is 12.4. The summed E-state index contributed by atoms with van der Waals surface area (Å²) in [6.45, 7) is 11.1. The van der Waals surface area contributed by atoms with Crippen LogP contribution < -0.4 is 9.64 Å². The molecule has 0 radical (unpaired) electrons. The van der Waals surface area contributed by atoms with E-state index in [2.05, 4.69) is 62.9 Å². The number of aromatic nitrogens is 3. The highest BCUT2D eigenvalue weighted by atomic mass is 16.5. The van der Waals surface area contributed by atoms with E-state index in [9.17, 15) is 4.79 Å². The number of rotatable bonds is 4. The minimum Gasteiger partial charge on any atom is -0.495 e. The molecule has 2 aromatic carbocycles. The number of anilines is 1. The van der Waals surface area contributed by atoms with Gasteiger partial charge in [-0.25, -0.2) is 9.50 Å². The summed E-state index contributed by atoms with van der Waals surface area (Å²) in [7, 11) is 1.69. The van der Waals surface area contributed by atoms with E-state index in [-0.39, 0.29) is 11.3 Å². The van der Waals surface area contributed by atoms with Gasteiger partial charge >= 0.3 is 0 Å². The molecule has 186 valence electrons. The van der Waals surface area contributed by atoms with E-state index < -0.39 is 0 Å². The van der Waals surface area contributed by atoms with Crippen molar-refractivity contribution >= 4 is 17.2 Å². The summed E-state index contributed by atoms with van der Waals surface area (Å²) in [6, 6.07) is 20.1. The van der Waals surface area contributed by atoms with E-state index in [1.807, 2.05) is 35.2 Å². The van der Waals surface area contributed by atoms with Crippen molar-refractivity contribution in [2.45, 2.75) is 33.1 Å². The molecule has 36 heavy (non-hydrogen) atoms. The van der Waals surface area contributed by atoms with Gasteiger partial charge in [-0.3, -0.25) is 4.79 Å². The van der Waals surface area contributed by atoms with E-state index in [0.29, 0.717) is 24.4 Å². The van der Waals surface area contributed by atoms with Crippen molar-refractivity contribution < 1.29 is 9.53 Å². The molecule has 7 heteroatoms. The Morgan fingerprint density at radius 2 is 1.64 bits per heavy atom. The van der Waals surface area contributed by atoms with Crippen molar-refractivity contribution in [3.63, 3.8) is 0 Å². The first-order chi connectivity index (χ1) is 17.2. The Kier molecular flexibility index (Phi) is 6.16. The zero-order chi connectivity index (χ0) is 25.4. The van der Waals surface area contributed by atoms with Crippen molar-refractivity contribution in [3.8, 4) is 17.0 Å². The van der Waals surface area contributed by atoms with Crippen molar-refractivity contribution in [2.75, 3.05) is 38.2 Å². The van der Waals surface area contributed by atoms with Crippen molar-refractivity contribution in [3.05, 3.63) is 77.6 Å². The number of hydrogen-bond acceptors (Lipinski definition) is 5. The van der Waals surface area contributed by atoms with E-state index in [1.54, 1.807) is 11.6 Å². The highest BCUT2D eigenvalue weighted by molar-refractivity contribution is 5.94. The predicted octanol–water partition coefficient (Wildman–Crippen LogP) is 4.97. The van der Waals surface area contributed by atoms with Gasteiger partial charge in [-0.05, 0) is 25.1 Å². The van der Waals surface area contributed by atoms with Gasteiger partial charge in [0.2, 0.25) is 0 Å². The molecule has 2 aromatic heterocycles. The minimum atomic E-state index is -0.154. The lowest BCUT2D eigenvalue weighted by Gasteiger charge is -2.36. The van der Waals surface area contributed by atoms with E-state index in [4.69, 9.17) is 14.8 Å². The topological polar surface area (TPSA) is 63.0 Å². The molecule has 3 heterocycles. The highest BCUT2D eigenvalue weighted by Gasteiger charge is 2.27. The molecule has 1 saturated heterocycles. The molecule has 0 N–H and O–H groups in total. The molecule has 0 spiro atoms. The standard InChI is InChI=1S/C29H33N5O2/c1-20-10-12-21(13-11-20)22-18-24(34-27(30-22)19-26(31-34)29(2,3)4)28(35)33-16-14-32(15-17-33)23-8-6-7-9-25(23)36-5/h6-13,18-19H,14-17H2,1-5H3. The number of benzene rings is 2. The molecule has 1 aliphatic heterocycles. The molecule has 4 aromatic rings. The van der Waals surface area contributed by atoms with Crippen LogP contribution in [0.3, 0.4) is 0 Å². The molecule has 0 saturated carbocycles. The van der Waals surface area contributed by atoms with Gasteiger partial charge < -0.3 is 14.5 Å². The smallest absolute Gasteiger partial charge is 0.272 e. The van der Waals surface area contributed by atoms with Crippen molar-refractivity contribution in [1.29, 1.82) is 0 Å². The number of fused-ring (bicyclic) bond motifs is 1. The fraction of sp³-hybridized carbons (Fsp3) is 0.345. The summed E-state index contributed by atoms with van der Waals surface area (Å²) in [5.41, 5.74) is 5.98. The lowest BCUT2D eigenvalue weighted by Crippen LogP contribution is -2.49. The number of methoxy groups -OCH3 is 1. The number of aryl methyl sites for hydroxylation is 1. The second-order valence-electron chi connectivity index (χ2n) is 10.4. The Balaban J connectivity index is 1.48. The fourth-order valence-corrected chi connectivity index (χ4v) is 4.57. The van der Waals surface area contributed by atoms with Gasteiger partial charge in [0, 0.05) is 43.2 Å². The van der Waals surface area contributed by atoms with Gasteiger partial charge in [-0.15, -0.1) is 0 Å². The lowest BCUT2D eigenvalue weighted by atomic mass is 9.93. The van der Waals surface area contributed by atoms with Gasteiger partial charge in [-0.2, -0.15) is 5.10 Å². The third-order valence-corrected chi connectivity index (χ3v) is 6.75. The number of carbonyl (C=O) groups is 1. The monoisotopic (exact) mass is 483 g/mol. The van der Waals surface area contributed by atoms with Crippen LogP contribution in [0.15, 0.2) is 60.7 Å². The Bertz CT molecular complexity index is 1390. The van der Waals surface area contributed by atoms with Crippen LogP contribution in [-0.2, 0) is 5.41 Å². The van der Waals surface area contributed by atoms with Crippen LogP contribution in [0.5, 0.6) is 5.75 Å². The molecule has 5 rings (SSSR count). The minimum absolute atomic E-state index is 0.0287. The number of para-hydroxylation sites is 2. The Labute approximate surface area is 212 Å². The maximum absolute atomic E-state index is 13.9. The molecule has 7 nitrogen and oxygen atoms in total. The number of ether oxygens (including phenoxy) is 1. The zero-order valence-electron chi connectivity index (χ0n) is 21.7. The molecule has 0 atom stereocenters. The van der Waals surface area contributed by atoms with Crippen molar-refractivity contribution in [1.82, 2.24) is 19.5 Å². The van der Waals surface area contributed by atoms with E-state index in [1.165, 1.54) is 5.56 Å². The number of piperazine rings is 1. The third-order valence-electron chi connectivity index (χ3n) is 6.75. The van der Waals surface area contributed by atoms with E-state index in [0.717, 1.165) is 41.5 Å². The first-order valence-electron chi connectivity index (χ1n) is 12.4.